The summed E-state index contributed by atoms with van der Waals surface area (Å²) in [6, 6.07) is 7.77. The van der Waals surface area contributed by atoms with Crippen LogP contribution >= 0.6 is 0 Å². The topological polar surface area (TPSA) is 62.3 Å². The Morgan fingerprint density at radius 2 is 2.37 bits per heavy atom. The second-order valence-corrected chi connectivity index (χ2v) is 5.12. The number of nitrogens with zero attached hydrogens (tertiary/aromatic N) is 2. The lowest BCUT2D eigenvalue weighted by Crippen LogP contribution is -2.37. The maximum absolute atomic E-state index is 8.99. The van der Waals surface area contributed by atoms with E-state index in [1.165, 1.54) is 12.8 Å². The molecule has 1 atom stereocenters. The van der Waals surface area contributed by atoms with E-state index in [9.17, 15) is 0 Å². The van der Waals surface area contributed by atoms with E-state index in [1.807, 2.05) is 12.1 Å². The van der Waals surface area contributed by atoms with Gasteiger partial charge in [-0.05, 0) is 50.0 Å². The molecule has 1 unspecified atom stereocenters. The Labute approximate surface area is 114 Å². The van der Waals surface area contributed by atoms with Gasteiger partial charge in [-0.2, -0.15) is 5.26 Å². The standard InChI is InChI=1S/C15H21N3O/c1-19-15-5-4-12(8-16)7-14(15)11-18-6-2-3-13(9-17)10-18/h4-5,7,13H,2-3,6,9-11,17H2,1H3. The molecule has 4 nitrogen and oxygen atoms in total. The first-order valence-electron chi connectivity index (χ1n) is 6.76. The summed E-state index contributed by atoms with van der Waals surface area (Å²) in [5.74, 6) is 1.45. The number of rotatable bonds is 4. The third kappa shape index (κ3) is 3.46. The first-order chi connectivity index (χ1) is 9.26. The van der Waals surface area contributed by atoms with E-state index in [0.29, 0.717) is 11.5 Å². The Hall–Kier alpha value is -1.57. The second kappa shape index (κ2) is 6.55. The van der Waals surface area contributed by atoms with Gasteiger partial charge in [-0.1, -0.05) is 0 Å². The van der Waals surface area contributed by atoms with Gasteiger partial charge in [-0.25, -0.2) is 0 Å². The zero-order valence-electron chi connectivity index (χ0n) is 11.4. The molecule has 2 rings (SSSR count). The molecule has 1 fully saturated rings. The molecule has 1 heterocycles. The third-order valence-electron chi connectivity index (χ3n) is 3.74. The van der Waals surface area contributed by atoms with Crippen molar-refractivity contribution in [2.45, 2.75) is 19.4 Å². The lowest BCUT2D eigenvalue weighted by molar-refractivity contribution is 0.169. The van der Waals surface area contributed by atoms with Gasteiger partial charge in [-0.3, -0.25) is 4.90 Å². The molecule has 1 aliphatic rings. The summed E-state index contributed by atoms with van der Waals surface area (Å²) in [6.07, 6.45) is 2.42. The molecule has 1 saturated heterocycles. The minimum Gasteiger partial charge on any atom is -0.496 e. The SMILES string of the molecule is COc1ccc(C#N)cc1CN1CCCC(CN)C1. The fourth-order valence-electron chi connectivity index (χ4n) is 2.70. The average Bonchev–Trinajstić information content (AvgIpc) is 2.47. The largest absolute Gasteiger partial charge is 0.496 e. The molecule has 0 bridgehead atoms. The van der Waals surface area contributed by atoms with E-state index in [2.05, 4.69) is 11.0 Å². The molecule has 1 aliphatic heterocycles. The van der Waals surface area contributed by atoms with Crippen molar-refractivity contribution in [2.75, 3.05) is 26.7 Å². The Balaban J connectivity index is 2.11. The molecule has 1 aromatic rings. The molecule has 0 saturated carbocycles. The molecule has 0 spiro atoms. The highest BCUT2D eigenvalue weighted by Gasteiger charge is 2.19. The second-order valence-electron chi connectivity index (χ2n) is 5.12. The van der Waals surface area contributed by atoms with Crippen LogP contribution in [0, 0.1) is 17.2 Å². The molecule has 4 heteroatoms. The predicted octanol–water partition coefficient (Wildman–Crippen LogP) is 1.74. The Morgan fingerprint density at radius 3 is 3.05 bits per heavy atom. The van der Waals surface area contributed by atoms with Gasteiger partial charge in [0.25, 0.3) is 0 Å². The zero-order valence-corrected chi connectivity index (χ0v) is 11.4. The number of benzene rings is 1. The quantitative estimate of drug-likeness (QED) is 0.894. The normalized spacial score (nSPS) is 19.9. The number of nitrogens with two attached hydrogens (primary N) is 1. The molecule has 0 radical (unpaired) electrons. The Kier molecular flexibility index (Phi) is 4.78. The zero-order chi connectivity index (χ0) is 13.7. The fourth-order valence-corrected chi connectivity index (χ4v) is 2.70. The molecular formula is C15H21N3O. The van der Waals surface area contributed by atoms with Crippen molar-refractivity contribution in [1.82, 2.24) is 4.90 Å². The van der Waals surface area contributed by atoms with Crippen LogP contribution in [0.25, 0.3) is 0 Å². The maximum atomic E-state index is 8.99. The molecule has 0 aliphatic carbocycles. The van der Waals surface area contributed by atoms with Gasteiger partial charge in [0.1, 0.15) is 5.75 Å². The molecular weight excluding hydrogens is 238 g/mol. The number of nitriles is 1. The number of piperidine rings is 1. The minimum absolute atomic E-state index is 0.596. The first kappa shape index (κ1) is 13.9. The van der Waals surface area contributed by atoms with E-state index in [0.717, 1.165) is 37.5 Å². The van der Waals surface area contributed by atoms with Gasteiger partial charge in [-0.15, -0.1) is 0 Å². The van der Waals surface area contributed by atoms with E-state index < -0.39 is 0 Å². The van der Waals surface area contributed by atoms with Crippen molar-refractivity contribution in [3.8, 4) is 11.8 Å². The number of ether oxygens (including phenoxy) is 1. The highest BCUT2D eigenvalue weighted by atomic mass is 16.5. The lowest BCUT2D eigenvalue weighted by atomic mass is 9.97. The van der Waals surface area contributed by atoms with E-state index in [-0.39, 0.29) is 0 Å². The molecule has 0 aromatic heterocycles. The van der Waals surface area contributed by atoms with E-state index >= 15 is 0 Å². The Morgan fingerprint density at radius 1 is 1.53 bits per heavy atom. The molecule has 2 N–H and O–H groups in total. The number of hydrogen-bond donors (Lipinski definition) is 1. The molecule has 1 aromatic carbocycles. The van der Waals surface area contributed by atoms with Crippen molar-refractivity contribution in [3.63, 3.8) is 0 Å². The van der Waals surface area contributed by atoms with Gasteiger partial charge in [0.15, 0.2) is 0 Å². The predicted molar refractivity (Wildman–Crippen MR) is 74.8 cm³/mol. The van der Waals surface area contributed by atoms with Gasteiger partial charge >= 0.3 is 0 Å². The van der Waals surface area contributed by atoms with E-state index in [4.69, 9.17) is 15.7 Å². The van der Waals surface area contributed by atoms with Crippen molar-refractivity contribution >= 4 is 0 Å². The van der Waals surface area contributed by atoms with Gasteiger partial charge in [0.05, 0.1) is 18.7 Å². The van der Waals surface area contributed by atoms with Crippen molar-refractivity contribution in [3.05, 3.63) is 29.3 Å². The van der Waals surface area contributed by atoms with Crippen LogP contribution < -0.4 is 10.5 Å². The summed E-state index contributed by atoms with van der Waals surface area (Å²) in [5, 5.41) is 8.99. The molecule has 0 amide bonds. The summed E-state index contributed by atoms with van der Waals surface area (Å²) >= 11 is 0. The van der Waals surface area contributed by atoms with Crippen LogP contribution in [0.1, 0.15) is 24.0 Å². The fraction of sp³-hybridized carbons (Fsp3) is 0.533. The van der Waals surface area contributed by atoms with Crippen LogP contribution in [0.15, 0.2) is 18.2 Å². The molecule has 102 valence electrons. The highest BCUT2D eigenvalue weighted by molar-refractivity contribution is 5.42. The smallest absolute Gasteiger partial charge is 0.123 e. The van der Waals surface area contributed by atoms with Gasteiger partial charge < -0.3 is 10.5 Å². The summed E-state index contributed by atoms with van der Waals surface area (Å²) < 4.78 is 5.38. The average molecular weight is 259 g/mol. The maximum Gasteiger partial charge on any atom is 0.123 e. The minimum atomic E-state index is 0.596. The molecule has 19 heavy (non-hydrogen) atoms. The van der Waals surface area contributed by atoms with Crippen molar-refractivity contribution in [2.24, 2.45) is 11.7 Å². The summed E-state index contributed by atoms with van der Waals surface area (Å²) in [7, 11) is 1.67. The van der Waals surface area contributed by atoms with Gasteiger partial charge in [0.2, 0.25) is 0 Å². The number of likely N-dealkylation sites (tertiary alicyclic amines) is 1. The summed E-state index contributed by atoms with van der Waals surface area (Å²) in [5.41, 5.74) is 7.53. The lowest BCUT2D eigenvalue weighted by Gasteiger charge is -2.32. The van der Waals surface area contributed by atoms with Crippen LogP contribution in [0.5, 0.6) is 5.75 Å². The highest BCUT2D eigenvalue weighted by Crippen LogP contribution is 2.24. The number of hydrogen-bond acceptors (Lipinski definition) is 4. The van der Waals surface area contributed by atoms with Crippen LogP contribution in [0.3, 0.4) is 0 Å². The van der Waals surface area contributed by atoms with E-state index in [1.54, 1.807) is 13.2 Å². The van der Waals surface area contributed by atoms with Crippen LogP contribution in [0.4, 0.5) is 0 Å². The van der Waals surface area contributed by atoms with Crippen LogP contribution in [0.2, 0.25) is 0 Å². The summed E-state index contributed by atoms with van der Waals surface area (Å²) in [6.45, 7) is 3.72. The van der Waals surface area contributed by atoms with Crippen LogP contribution in [-0.4, -0.2) is 31.6 Å². The van der Waals surface area contributed by atoms with Crippen LogP contribution in [-0.2, 0) is 6.54 Å². The first-order valence-corrected chi connectivity index (χ1v) is 6.76. The summed E-state index contributed by atoms with van der Waals surface area (Å²) in [4.78, 5) is 2.40. The number of methoxy groups -OCH3 is 1. The monoisotopic (exact) mass is 259 g/mol. The Bertz CT molecular complexity index is 467. The van der Waals surface area contributed by atoms with Crippen molar-refractivity contribution in [1.29, 1.82) is 5.26 Å². The van der Waals surface area contributed by atoms with Gasteiger partial charge in [0, 0.05) is 18.7 Å². The van der Waals surface area contributed by atoms with Crippen molar-refractivity contribution < 1.29 is 4.74 Å². The third-order valence-corrected chi connectivity index (χ3v) is 3.74.